The number of amides is 1. The van der Waals surface area contributed by atoms with Crippen LogP contribution in [0, 0.1) is 13.8 Å². The van der Waals surface area contributed by atoms with Gasteiger partial charge in [-0.05, 0) is 49.9 Å². The second kappa shape index (κ2) is 6.89. The largest absolute Gasteiger partial charge is 0.341 e. The average molecular weight is 274 g/mol. The van der Waals surface area contributed by atoms with Crippen LogP contribution in [0.3, 0.4) is 0 Å². The van der Waals surface area contributed by atoms with Gasteiger partial charge >= 0.3 is 0 Å². The number of carbonyl (C=O) groups is 1. The van der Waals surface area contributed by atoms with Gasteiger partial charge in [0, 0.05) is 25.6 Å². The van der Waals surface area contributed by atoms with E-state index in [-0.39, 0.29) is 6.04 Å². The minimum Gasteiger partial charge on any atom is -0.341 e. The maximum Gasteiger partial charge on any atom is 0.222 e. The Labute approximate surface area is 122 Å². The van der Waals surface area contributed by atoms with Crippen LogP contribution >= 0.6 is 0 Å². The summed E-state index contributed by atoms with van der Waals surface area (Å²) in [5.74, 6) is 0.303. The number of carbonyl (C=O) groups excluding carboxylic acids is 1. The lowest BCUT2D eigenvalue weighted by Crippen LogP contribution is -2.36. The number of aryl methyl sites for hydroxylation is 2. The van der Waals surface area contributed by atoms with Gasteiger partial charge in [0.15, 0.2) is 0 Å². The van der Waals surface area contributed by atoms with Crippen LogP contribution in [0.1, 0.15) is 48.9 Å². The fourth-order valence-corrected chi connectivity index (χ4v) is 2.71. The summed E-state index contributed by atoms with van der Waals surface area (Å²) in [5.41, 5.74) is 3.93. The Balaban J connectivity index is 2.13. The van der Waals surface area contributed by atoms with Crippen molar-refractivity contribution >= 4 is 5.91 Å². The molecular weight excluding hydrogens is 248 g/mol. The number of nitrogens with one attached hydrogen (secondary N) is 1. The SMILES string of the molecule is CCCNC(CN1CCCC1=O)c1ccc(C)c(C)c1. The first-order valence-electron chi connectivity index (χ1n) is 7.70. The molecule has 0 spiro atoms. The topological polar surface area (TPSA) is 32.3 Å². The van der Waals surface area contributed by atoms with Gasteiger partial charge in [-0.2, -0.15) is 0 Å². The van der Waals surface area contributed by atoms with Gasteiger partial charge < -0.3 is 10.2 Å². The van der Waals surface area contributed by atoms with Gasteiger partial charge in [-0.25, -0.2) is 0 Å². The van der Waals surface area contributed by atoms with Crippen LogP contribution in [0.25, 0.3) is 0 Å². The van der Waals surface area contributed by atoms with Crippen molar-refractivity contribution in [2.24, 2.45) is 0 Å². The van der Waals surface area contributed by atoms with Crippen LogP contribution in [-0.2, 0) is 4.79 Å². The van der Waals surface area contributed by atoms with Crippen molar-refractivity contribution in [3.8, 4) is 0 Å². The minimum atomic E-state index is 0.247. The fraction of sp³-hybridized carbons (Fsp3) is 0.588. The van der Waals surface area contributed by atoms with E-state index in [0.29, 0.717) is 12.3 Å². The van der Waals surface area contributed by atoms with Crippen LogP contribution in [0.4, 0.5) is 0 Å². The Morgan fingerprint density at radius 2 is 2.10 bits per heavy atom. The van der Waals surface area contributed by atoms with E-state index in [2.05, 4.69) is 44.3 Å². The lowest BCUT2D eigenvalue weighted by molar-refractivity contribution is -0.128. The fourth-order valence-electron chi connectivity index (χ4n) is 2.71. The lowest BCUT2D eigenvalue weighted by Gasteiger charge is -2.25. The molecule has 1 heterocycles. The number of benzene rings is 1. The number of nitrogens with zero attached hydrogens (tertiary/aromatic N) is 1. The Kier molecular flexibility index (Phi) is 5.18. The van der Waals surface area contributed by atoms with Gasteiger partial charge in [0.1, 0.15) is 0 Å². The zero-order valence-corrected chi connectivity index (χ0v) is 12.9. The molecule has 2 rings (SSSR count). The van der Waals surface area contributed by atoms with Crippen LogP contribution in [0.2, 0.25) is 0 Å². The van der Waals surface area contributed by atoms with E-state index >= 15 is 0 Å². The highest BCUT2D eigenvalue weighted by atomic mass is 16.2. The maximum atomic E-state index is 11.8. The third-order valence-electron chi connectivity index (χ3n) is 4.15. The molecule has 0 radical (unpaired) electrons. The molecule has 3 heteroatoms. The second-order valence-corrected chi connectivity index (χ2v) is 5.79. The predicted molar refractivity (Wildman–Crippen MR) is 82.8 cm³/mol. The van der Waals surface area contributed by atoms with Gasteiger partial charge in [0.2, 0.25) is 5.91 Å². The molecule has 1 aliphatic rings. The zero-order valence-electron chi connectivity index (χ0n) is 12.9. The molecule has 1 unspecified atom stereocenters. The standard InChI is InChI=1S/C17H26N2O/c1-4-9-18-16(12-19-10-5-6-17(19)20)15-8-7-13(2)14(3)11-15/h7-8,11,16,18H,4-6,9-10,12H2,1-3H3. The van der Waals surface area contributed by atoms with Crippen LogP contribution in [0.5, 0.6) is 0 Å². The summed E-state index contributed by atoms with van der Waals surface area (Å²) in [4.78, 5) is 13.8. The summed E-state index contributed by atoms with van der Waals surface area (Å²) in [6.07, 6.45) is 2.83. The Morgan fingerprint density at radius 3 is 2.70 bits per heavy atom. The molecular formula is C17H26N2O. The van der Waals surface area contributed by atoms with Crippen LogP contribution in [-0.4, -0.2) is 30.4 Å². The first kappa shape index (κ1) is 15.0. The molecule has 1 aliphatic heterocycles. The van der Waals surface area contributed by atoms with Crippen molar-refractivity contribution in [2.75, 3.05) is 19.6 Å². The van der Waals surface area contributed by atoms with Crippen molar-refractivity contribution < 1.29 is 4.79 Å². The summed E-state index contributed by atoms with van der Waals surface area (Å²) in [7, 11) is 0. The Bertz CT molecular complexity index is 470. The maximum absolute atomic E-state index is 11.8. The molecule has 0 bridgehead atoms. The van der Waals surface area contributed by atoms with Gasteiger partial charge in [0.25, 0.3) is 0 Å². The predicted octanol–water partition coefficient (Wildman–Crippen LogP) is 2.97. The van der Waals surface area contributed by atoms with E-state index in [1.54, 1.807) is 0 Å². The number of likely N-dealkylation sites (tertiary alicyclic amines) is 1. The van der Waals surface area contributed by atoms with Gasteiger partial charge in [-0.1, -0.05) is 25.1 Å². The van der Waals surface area contributed by atoms with Crippen molar-refractivity contribution in [2.45, 2.75) is 46.1 Å². The Hall–Kier alpha value is -1.35. The molecule has 110 valence electrons. The van der Waals surface area contributed by atoms with Gasteiger partial charge in [-0.3, -0.25) is 4.79 Å². The molecule has 1 aromatic carbocycles. The van der Waals surface area contributed by atoms with E-state index in [9.17, 15) is 4.79 Å². The van der Waals surface area contributed by atoms with E-state index in [4.69, 9.17) is 0 Å². The van der Waals surface area contributed by atoms with Crippen molar-refractivity contribution in [1.82, 2.24) is 10.2 Å². The molecule has 0 aromatic heterocycles. The number of rotatable bonds is 6. The van der Waals surface area contributed by atoms with E-state index in [1.165, 1.54) is 16.7 Å². The van der Waals surface area contributed by atoms with Crippen molar-refractivity contribution in [3.05, 3.63) is 34.9 Å². The van der Waals surface area contributed by atoms with Crippen LogP contribution in [0.15, 0.2) is 18.2 Å². The molecule has 0 aliphatic carbocycles. The highest BCUT2D eigenvalue weighted by Crippen LogP contribution is 2.21. The zero-order chi connectivity index (χ0) is 14.5. The second-order valence-electron chi connectivity index (χ2n) is 5.79. The molecule has 1 aromatic rings. The summed E-state index contributed by atoms with van der Waals surface area (Å²) >= 11 is 0. The molecule has 3 nitrogen and oxygen atoms in total. The quantitative estimate of drug-likeness (QED) is 0.865. The number of hydrogen-bond acceptors (Lipinski definition) is 2. The Morgan fingerprint density at radius 1 is 1.30 bits per heavy atom. The summed E-state index contributed by atoms with van der Waals surface area (Å²) in [6.45, 7) is 9.15. The molecule has 1 saturated heterocycles. The average Bonchev–Trinajstić information content (AvgIpc) is 2.83. The molecule has 1 atom stereocenters. The van der Waals surface area contributed by atoms with Gasteiger partial charge in [0.05, 0.1) is 0 Å². The first-order valence-corrected chi connectivity index (χ1v) is 7.70. The normalized spacial score (nSPS) is 16.8. The van der Waals surface area contributed by atoms with Crippen molar-refractivity contribution in [1.29, 1.82) is 0 Å². The third kappa shape index (κ3) is 3.60. The highest BCUT2D eigenvalue weighted by molar-refractivity contribution is 5.78. The minimum absolute atomic E-state index is 0.247. The third-order valence-corrected chi connectivity index (χ3v) is 4.15. The molecule has 0 saturated carbocycles. The van der Waals surface area contributed by atoms with E-state index in [0.717, 1.165) is 32.5 Å². The van der Waals surface area contributed by atoms with Crippen molar-refractivity contribution in [3.63, 3.8) is 0 Å². The molecule has 1 fully saturated rings. The lowest BCUT2D eigenvalue weighted by atomic mass is 10.0. The van der Waals surface area contributed by atoms with Crippen LogP contribution < -0.4 is 5.32 Å². The molecule has 20 heavy (non-hydrogen) atoms. The summed E-state index contributed by atoms with van der Waals surface area (Å²) in [5, 5.41) is 3.59. The van der Waals surface area contributed by atoms with E-state index < -0.39 is 0 Å². The summed E-state index contributed by atoms with van der Waals surface area (Å²) < 4.78 is 0. The number of hydrogen-bond donors (Lipinski definition) is 1. The van der Waals surface area contributed by atoms with E-state index in [1.807, 2.05) is 4.90 Å². The monoisotopic (exact) mass is 274 g/mol. The highest BCUT2D eigenvalue weighted by Gasteiger charge is 2.24. The van der Waals surface area contributed by atoms with Gasteiger partial charge in [-0.15, -0.1) is 0 Å². The summed E-state index contributed by atoms with van der Waals surface area (Å²) in [6, 6.07) is 6.87. The first-order chi connectivity index (χ1) is 9.61. The smallest absolute Gasteiger partial charge is 0.222 e. The molecule has 1 amide bonds. The molecule has 1 N–H and O–H groups in total.